The highest BCUT2D eigenvalue weighted by molar-refractivity contribution is 6.35. The van der Waals surface area contributed by atoms with E-state index in [1.165, 1.54) is 19.1 Å². The number of halogens is 1. The molecule has 9 heteroatoms. The summed E-state index contributed by atoms with van der Waals surface area (Å²) in [4.78, 5) is 40.8. The number of hydrogen-bond donors (Lipinski definition) is 5. The van der Waals surface area contributed by atoms with Crippen LogP contribution in [0.1, 0.15) is 58.3 Å². The standard InChI is InChI=1S/C27H27FN4O4/c1-13-23(29-15(3)24(13)32-25(34)16(4)33)12-21-20-11-18(7-10-22(20)31-27(21)36)26(35)30-14(2)17-5-8-19(28)9-6-17/h5-12,14,16,29,33H,1-4H3,(H,30,35)(H,31,36)(H,32,34)/b21-12-/t14-,16+/m1/s1. The van der Waals surface area contributed by atoms with Crippen molar-refractivity contribution in [2.75, 3.05) is 10.6 Å². The quantitative estimate of drug-likeness (QED) is 0.334. The zero-order valence-electron chi connectivity index (χ0n) is 20.3. The summed E-state index contributed by atoms with van der Waals surface area (Å²) in [6.07, 6.45) is 0.507. The molecule has 1 aliphatic rings. The van der Waals surface area contributed by atoms with Crippen LogP contribution in [0.25, 0.3) is 11.6 Å². The van der Waals surface area contributed by atoms with Gasteiger partial charge in [-0.05, 0) is 75.2 Å². The van der Waals surface area contributed by atoms with Gasteiger partial charge < -0.3 is 26.0 Å². The molecule has 2 atom stereocenters. The van der Waals surface area contributed by atoms with Gasteiger partial charge in [-0.2, -0.15) is 0 Å². The Bertz CT molecular complexity index is 1390. The average molecular weight is 491 g/mol. The number of aromatic amines is 1. The number of aliphatic hydroxyl groups excluding tert-OH is 1. The number of anilines is 2. The molecule has 0 radical (unpaired) electrons. The minimum absolute atomic E-state index is 0.316. The molecule has 0 saturated carbocycles. The summed E-state index contributed by atoms with van der Waals surface area (Å²) in [5.41, 5.74) is 5.19. The number of benzene rings is 2. The van der Waals surface area contributed by atoms with Crippen LogP contribution in [0.5, 0.6) is 0 Å². The highest BCUT2D eigenvalue weighted by Crippen LogP contribution is 2.35. The molecule has 4 rings (SSSR count). The molecule has 36 heavy (non-hydrogen) atoms. The predicted octanol–water partition coefficient (Wildman–Crippen LogP) is 4.07. The van der Waals surface area contributed by atoms with E-state index in [1.54, 1.807) is 57.2 Å². The van der Waals surface area contributed by atoms with Gasteiger partial charge in [0.05, 0.1) is 17.3 Å². The fourth-order valence-corrected chi connectivity index (χ4v) is 4.07. The number of carbonyl (C=O) groups excluding carboxylic acids is 3. The van der Waals surface area contributed by atoms with Crippen LogP contribution in [-0.4, -0.2) is 33.9 Å². The number of nitrogens with one attached hydrogen (secondary N) is 4. The Balaban J connectivity index is 1.61. The Morgan fingerprint density at radius 3 is 2.44 bits per heavy atom. The number of rotatable bonds is 6. The van der Waals surface area contributed by atoms with E-state index in [2.05, 4.69) is 20.9 Å². The lowest BCUT2D eigenvalue weighted by molar-refractivity contribution is -0.123. The van der Waals surface area contributed by atoms with Gasteiger partial charge >= 0.3 is 0 Å². The number of aliphatic hydroxyl groups is 1. The monoisotopic (exact) mass is 490 g/mol. The van der Waals surface area contributed by atoms with Gasteiger partial charge in [0.25, 0.3) is 17.7 Å². The highest BCUT2D eigenvalue weighted by atomic mass is 19.1. The van der Waals surface area contributed by atoms with Crippen molar-refractivity contribution < 1.29 is 23.9 Å². The second-order valence-corrected chi connectivity index (χ2v) is 8.85. The third-order valence-electron chi connectivity index (χ3n) is 6.17. The molecule has 1 aromatic heterocycles. The first kappa shape index (κ1) is 24.9. The van der Waals surface area contributed by atoms with E-state index in [1.807, 2.05) is 0 Å². The number of amides is 3. The Labute approximate surface area is 207 Å². The van der Waals surface area contributed by atoms with E-state index >= 15 is 0 Å². The summed E-state index contributed by atoms with van der Waals surface area (Å²) >= 11 is 0. The first-order valence-corrected chi connectivity index (χ1v) is 11.5. The second kappa shape index (κ2) is 9.79. The molecule has 1 aliphatic heterocycles. The van der Waals surface area contributed by atoms with Crippen molar-refractivity contribution in [3.63, 3.8) is 0 Å². The van der Waals surface area contributed by atoms with E-state index in [-0.39, 0.29) is 23.7 Å². The largest absolute Gasteiger partial charge is 0.384 e. The van der Waals surface area contributed by atoms with Crippen LogP contribution in [0.15, 0.2) is 42.5 Å². The van der Waals surface area contributed by atoms with E-state index in [0.29, 0.717) is 45.0 Å². The topological polar surface area (TPSA) is 123 Å². The molecule has 0 saturated heterocycles. The third kappa shape index (κ3) is 4.92. The van der Waals surface area contributed by atoms with Crippen LogP contribution >= 0.6 is 0 Å². The van der Waals surface area contributed by atoms with Gasteiger partial charge in [-0.15, -0.1) is 0 Å². The molecule has 0 aliphatic carbocycles. The zero-order chi connectivity index (χ0) is 26.1. The van der Waals surface area contributed by atoms with Gasteiger partial charge in [-0.25, -0.2) is 4.39 Å². The van der Waals surface area contributed by atoms with E-state index in [0.717, 1.165) is 5.56 Å². The molecule has 8 nitrogen and oxygen atoms in total. The summed E-state index contributed by atoms with van der Waals surface area (Å²) in [7, 11) is 0. The molecule has 0 unspecified atom stereocenters. The van der Waals surface area contributed by atoms with Crippen molar-refractivity contribution in [2.45, 2.75) is 39.8 Å². The van der Waals surface area contributed by atoms with E-state index < -0.39 is 12.0 Å². The van der Waals surface area contributed by atoms with Crippen molar-refractivity contribution in [1.29, 1.82) is 0 Å². The number of fused-ring (bicyclic) bond motifs is 1. The number of aryl methyl sites for hydroxylation is 1. The van der Waals surface area contributed by atoms with Gasteiger partial charge in [-0.1, -0.05) is 12.1 Å². The number of H-pyrrole nitrogens is 1. The first-order chi connectivity index (χ1) is 17.0. The second-order valence-electron chi connectivity index (χ2n) is 8.85. The van der Waals surface area contributed by atoms with Crippen LogP contribution in [0.4, 0.5) is 15.8 Å². The van der Waals surface area contributed by atoms with Crippen LogP contribution < -0.4 is 16.0 Å². The fourth-order valence-electron chi connectivity index (χ4n) is 4.07. The van der Waals surface area contributed by atoms with Gasteiger partial charge in [0, 0.05) is 28.2 Å². The van der Waals surface area contributed by atoms with Gasteiger partial charge in [-0.3, -0.25) is 14.4 Å². The summed E-state index contributed by atoms with van der Waals surface area (Å²) in [6.45, 7) is 6.75. The van der Waals surface area contributed by atoms with Crippen molar-refractivity contribution in [2.24, 2.45) is 0 Å². The Morgan fingerprint density at radius 1 is 1.08 bits per heavy atom. The summed E-state index contributed by atoms with van der Waals surface area (Å²) in [6, 6.07) is 10.5. The van der Waals surface area contributed by atoms with Gasteiger partial charge in [0.1, 0.15) is 11.9 Å². The summed E-state index contributed by atoms with van der Waals surface area (Å²) < 4.78 is 13.2. The van der Waals surface area contributed by atoms with Gasteiger partial charge in [0.15, 0.2) is 0 Å². The summed E-state index contributed by atoms with van der Waals surface area (Å²) in [5.74, 6) is -1.53. The lowest BCUT2D eigenvalue weighted by Gasteiger charge is -2.15. The third-order valence-corrected chi connectivity index (χ3v) is 6.17. The summed E-state index contributed by atoms with van der Waals surface area (Å²) in [5, 5.41) is 17.9. The number of aromatic nitrogens is 1. The van der Waals surface area contributed by atoms with Crippen molar-refractivity contribution in [1.82, 2.24) is 10.3 Å². The Kier molecular flexibility index (Phi) is 6.76. The Hall–Kier alpha value is -4.24. The molecule has 5 N–H and O–H groups in total. The molecule has 0 fully saturated rings. The maximum Gasteiger partial charge on any atom is 0.256 e. The maximum absolute atomic E-state index is 13.2. The highest BCUT2D eigenvalue weighted by Gasteiger charge is 2.27. The fraction of sp³-hybridized carbons (Fsp3) is 0.222. The minimum atomic E-state index is -1.16. The number of carbonyl (C=O) groups is 3. The van der Waals surface area contributed by atoms with E-state index in [4.69, 9.17) is 0 Å². The van der Waals surface area contributed by atoms with Crippen molar-refractivity contribution in [3.05, 3.63) is 81.9 Å². The van der Waals surface area contributed by atoms with Crippen molar-refractivity contribution >= 4 is 40.7 Å². The molecule has 0 bridgehead atoms. The Morgan fingerprint density at radius 2 is 1.78 bits per heavy atom. The number of hydrogen-bond acceptors (Lipinski definition) is 4. The predicted molar refractivity (Wildman–Crippen MR) is 136 cm³/mol. The molecular formula is C27H27FN4O4. The van der Waals surface area contributed by atoms with Crippen LogP contribution in [-0.2, 0) is 9.59 Å². The molecule has 2 aromatic carbocycles. The van der Waals surface area contributed by atoms with E-state index in [9.17, 15) is 23.9 Å². The lowest BCUT2D eigenvalue weighted by Crippen LogP contribution is -2.26. The SMILES string of the molecule is Cc1[nH]c(/C=C2\C(=O)Nc3ccc(C(=O)N[C@H](C)c4ccc(F)cc4)cc32)c(C)c1NC(=O)[C@H](C)O. The maximum atomic E-state index is 13.2. The lowest BCUT2D eigenvalue weighted by atomic mass is 10.0. The molecule has 0 spiro atoms. The smallest absolute Gasteiger partial charge is 0.256 e. The zero-order valence-corrected chi connectivity index (χ0v) is 20.3. The molecule has 3 aromatic rings. The molecular weight excluding hydrogens is 463 g/mol. The normalized spacial score (nSPS) is 15.3. The van der Waals surface area contributed by atoms with Gasteiger partial charge in [0.2, 0.25) is 0 Å². The van der Waals surface area contributed by atoms with Crippen LogP contribution in [0, 0.1) is 19.7 Å². The van der Waals surface area contributed by atoms with Crippen LogP contribution in [0.3, 0.4) is 0 Å². The molecule has 3 amide bonds. The first-order valence-electron chi connectivity index (χ1n) is 11.5. The van der Waals surface area contributed by atoms with Crippen molar-refractivity contribution in [3.8, 4) is 0 Å². The van der Waals surface area contributed by atoms with Crippen LogP contribution in [0.2, 0.25) is 0 Å². The molecule has 2 heterocycles. The minimum Gasteiger partial charge on any atom is -0.384 e. The average Bonchev–Trinajstić information content (AvgIpc) is 3.29. The molecule has 186 valence electrons.